The fourth-order valence-electron chi connectivity index (χ4n) is 3.02. The van der Waals surface area contributed by atoms with Crippen molar-refractivity contribution in [2.24, 2.45) is 5.10 Å². The van der Waals surface area contributed by atoms with Crippen molar-refractivity contribution < 1.29 is 19.1 Å². The van der Waals surface area contributed by atoms with Crippen molar-refractivity contribution in [3.8, 4) is 5.75 Å². The van der Waals surface area contributed by atoms with Gasteiger partial charge in [-0.05, 0) is 68.7 Å². The summed E-state index contributed by atoms with van der Waals surface area (Å²) in [6.07, 6.45) is 3.71. The molecule has 2 N–H and O–H groups in total. The van der Waals surface area contributed by atoms with Crippen LogP contribution < -0.4 is 15.5 Å². The first-order valence-corrected chi connectivity index (χ1v) is 11.5. The van der Waals surface area contributed by atoms with Crippen molar-refractivity contribution in [3.63, 3.8) is 0 Å². The van der Waals surface area contributed by atoms with E-state index in [1.807, 2.05) is 38.1 Å². The summed E-state index contributed by atoms with van der Waals surface area (Å²) in [7, 11) is 0. The van der Waals surface area contributed by atoms with Crippen LogP contribution in [-0.2, 0) is 14.3 Å². The number of nitrogens with one attached hydrogen (secondary N) is 2. The summed E-state index contributed by atoms with van der Waals surface area (Å²) in [5.41, 5.74) is 4.56. The van der Waals surface area contributed by atoms with Gasteiger partial charge in [0, 0.05) is 18.0 Å². The highest BCUT2D eigenvalue weighted by Gasteiger charge is 2.16. The zero-order chi connectivity index (χ0) is 22.8. The molecule has 7 nitrogen and oxygen atoms in total. The first kappa shape index (κ1) is 23.8. The highest BCUT2D eigenvalue weighted by atomic mass is 32.2. The van der Waals surface area contributed by atoms with Gasteiger partial charge >= 0.3 is 0 Å². The Bertz CT molecular complexity index is 910. The molecule has 0 aliphatic carbocycles. The predicted octanol–water partition coefficient (Wildman–Crippen LogP) is 3.30. The third-order valence-corrected chi connectivity index (χ3v) is 6.00. The maximum Gasteiger partial charge on any atom is 0.258 e. The molecule has 2 aromatic carbocycles. The number of hydrazone groups is 1. The molecule has 1 aliphatic rings. The van der Waals surface area contributed by atoms with Crippen LogP contribution in [0, 0.1) is 6.92 Å². The molecule has 1 aliphatic heterocycles. The van der Waals surface area contributed by atoms with Crippen LogP contribution in [0.15, 0.2) is 58.5 Å². The molecule has 2 aromatic rings. The zero-order valence-corrected chi connectivity index (χ0v) is 19.2. The standard InChI is InChI=1S/C24H29N3O4S/c1-17-5-11-22(12-6-17)32-18(2)24(29)27-26-14-19-7-9-20(10-8-19)31-16-23(28)25-15-21-4-3-13-30-21/h5-12,14,18,21H,3-4,13,15-16H2,1-2H3,(H,25,28)(H,27,29)/b26-14-/t18-,21+/m1/s1. The third-order valence-electron chi connectivity index (χ3n) is 4.89. The molecule has 0 radical (unpaired) electrons. The van der Waals surface area contributed by atoms with Crippen molar-refractivity contribution in [1.29, 1.82) is 0 Å². The Morgan fingerprint density at radius 1 is 1.22 bits per heavy atom. The minimum absolute atomic E-state index is 0.0489. The minimum Gasteiger partial charge on any atom is -0.484 e. The highest BCUT2D eigenvalue weighted by molar-refractivity contribution is 8.00. The predicted molar refractivity (Wildman–Crippen MR) is 126 cm³/mol. The van der Waals surface area contributed by atoms with Gasteiger partial charge < -0.3 is 14.8 Å². The van der Waals surface area contributed by atoms with Crippen molar-refractivity contribution in [1.82, 2.24) is 10.7 Å². The van der Waals surface area contributed by atoms with E-state index in [0.717, 1.165) is 29.9 Å². The summed E-state index contributed by atoms with van der Waals surface area (Å²) in [4.78, 5) is 25.1. The second kappa shape index (κ2) is 12.3. The lowest BCUT2D eigenvalue weighted by Gasteiger charge is -2.11. The van der Waals surface area contributed by atoms with Crippen molar-refractivity contribution in [3.05, 3.63) is 59.7 Å². The van der Waals surface area contributed by atoms with E-state index < -0.39 is 0 Å². The number of ether oxygens (including phenoxy) is 2. The summed E-state index contributed by atoms with van der Waals surface area (Å²) in [6, 6.07) is 15.2. The molecule has 2 atom stereocenters. The number of benzene rings is 2. The number of rotatable bonds is 10. The van der Waals surface area contributed by atoms with Crippen LogP contribution in [0.25, 0.3) is 0 Å². The van der Waals surface area contributed by atoms with Gasteiger partial charge in [0.2, 0.25) is 0 Å². The minimum atomic E-state index is -0.267. The molecule has 1 fully saturated rings. The van der Waals surface area contributed by atoms with Gasteiger partial charge in [-0.2, -0.15) is 5.10 Å². The normalized spacial score (nSPS) is 16.6. The lowest BCUT2D eigenvalue weighted by atomic mass is 10.2. The van der Waals surface area contributed by atoms with E-state index in [0.29, 0.717) is 12.3 Å². The quantitative estimate of drug-likeness (QED) is 0.326. The summed E-state index contributed by atoms with van der Waals surface area (Å²) in [5.74, 6) is 0.244. The molecule has 0 bridgehead atoms. The van der Waals surface area contributed by atoms with Crippen LogP contribution >= 0.6 is 11.8 Å². The van der Waals surface area contributed by atoms with Gasteiger partial charge in [-0.3, -0.25) is 9.59 Å². The van der Waals surface area contributed by atoms with Gasteiger partial charge in [0.05, 0.1) is 17.6 Å². The molecule has 8 heteroatoms. The number of amides is 2. The third kappa shape index (κ3) is 8.01. The van der Waals surface area contributed by atoms with Gasteiger partial charge in [-0.1, -0.05) is 17.7 Å². The van der Waals surface area contributed by atoms with Crippen LogP contribution in [0.3, 0.4) is 0 Å². The summed E-state index contributed by atoms with van der Waals surface area (Å²) >= 11 is 1.48. The summed E-state index contributed by atoms with van der Waals surface area (Å²) in [6.45, 7) is 5.11. The van der Waals surface area contributed by atoms with Crippen LogP contribution in [0.5, 0.6) is 5.75 Å². The Labute approximate surface area is 193 Å². The van der Waals surface area contributed by atoms with Gasteiger partial charge in [-0.15, -0.1) is 11.8 Å². The first-order valence-electron chi connectivity index (χ1n) is 10.7. The second-order valence-electron chi connectivity index (χ2n) is 7.60. The fourth-order valence-corrected chi connectivity index (χ4v) is 3.88. The zero-order valence-electron chi connectivity index (χ0n) is 18.4. The average Bonchev–Trinajstić information content (AvgIpc) is 3.32. The molecular weight excluding hydrogens is 426 g/mol. The number of hydrogen-bond donors (Lipinski definition) is 2. The second-order valence-corrected chi connectivity index (χ2v) is 9.02. The number of thioether (sulfide) groups is 1. The molecule has 3 rings (SSSR count). The number of hydrogen-bond acceptors (Lipinski definition) is 6. The number of carbonyl (C=O) groups excluding carboxylic acids is 2. The number of aryl methyl sites for hydroxylation is 1. The topological polar surface area (TPSA) is 89.0 Å². The smallest absolute Gasteiger partial charge is 0.258 e. The Kier molecular flexibility index (Phi) is 9.13. The maximum atomic E-state index is 12.2. The van der Waals surface area contributed by atoms with E-state index in [9.17, 15) is 9.59 Å². The Morgan fingerprint density at radius 3 is 2.66 bits per heavy atom. The molecular formula is C24H29N3O4S. The number of nitrogens with zero attached hydrogens (tertiary/aromatic N) is 1. The van der Waals surface area contributed by atoms with E-state index in [-0.39, 0.29) is 29.8 Å². The van der Waals surface area contributed by atoms with Crippen molar-refractivity contribution in [2.75, 3.05) is 19.8 Å². The highest BCUT2D eigenvalue weighted by Crippen LogP contribution is 2.23. The molecule has 0 saturated carbocycles. The van der Waals surface area contributed by atoms with Gasteiger partial charge in [0.25, 0.3) is 11.8 Å². The SMILES string of the molecule is Cc1ccc(S[C@H](C)C(=O)N/N=C\c2ccc(OCC(=O)NC[C@@H]3CCCO3)cc2)cc1. The Morgan fingerprint density at radius 2 is 1.97 bits per heavy atom. The number of carbonyl (C=O) groups is 2. The lowest BCUT2D eigenvalue weighted by molar-refractivity contribution is -0.123. The molecule has 0 spiro atoms. The van der Waals surface area contributed by atoms with Crippen molar-refractivity contribution in [2.45, 2.75) is 42.9 Å². The Balaban J connectivity index is 1.37. The van der Waals surface area contributed by atoms with E-state index in [1.165, 1.54) is 17.3 Å². The molecule has 1 saturated heterocycles. The molecule has 170 valence electrons. The van der Waals surface area contributed by atoms with E-state index >= 15 is 0 Å². The van der Waals surface area contributed by atoms with Crippen LogP contribution in [0.1, 0.15) is 30.9 Å². The Hall–Kier alpha value is -2.84. The monoisotopic (exact) mass is 455 g/mol. The lowest BCUT2D eigenvalue weighted by Crippen LogP contribution is -2.35. The molecule has 32 heavy (non-hydrogen) atoms. The maximum absolute atomic E-state index is 12.2. The molecule has 0 aromatic heterocycles. The van der Waals surface area contributed by atoms with E-state index in [4.69, 9.17) is 9.47 Å². The average molecular weight is 456 g/mol. The largest absolute Gasteiger partial charge is 0.484 e. The van der Waals surface area contributed by atoms with E-state index in [1.54, 1.807) is 30.5 Å². The van der Waals surface area contributed by atoms with Gasteiger partial charge in [0.1, 0.15) is 5.75 Å². The van der Waals surface area contributed by atoms with Crippen LogP contribution in [0.4, 0.5) is 0 Å². The molecule has 1 heterocycles. The summed E-state index contributed by atoms with van der Waals surface area (Å²) in [5, 5.41) is 6.58. The van der Waals surface area contributed by atoms with Crippen LogP contribution in [-0.4, -0.2) is 49.1 Å². The van der Waals surface area contributed by atoms with Crippen LogP contribution in [0.2, 0.25) is 0 Å². The molecule has 2 amide bonds. The fraction of sp³-hybridized carbons (Fsp3) is 0.375. The molecule has 0 unspecified atom stereocenters. The first-order chi connectivity index (χ1) is 15.5. The van der Waals surface area contributed by atoms with Gasteiger partial charge in [0.15, 0.2) is 6.61 Å². The van der Waals surface area contributed by atoms with Crippen molar-refractivity contribution >= 4 is 29.8 Å². The van der Waals surface area contributed by atoms with E-state index in [2.05, 4.69) is 15.8 Å². The summed E-state index contributed by atoms with van der Waals surface area (Å²) < 4.78 is 11.0. The van der Waals surface area contributed by atoms with Gasteiger partial charge in [-0.25, -0.2) is 5.43 Å².